The van der Waals surface area contributed by atoms with E-state index in [4.69, 9.17) is 10.5 Å². The molecule has 0 unspecified atom stereocenters. The SMILES string of the molecule is COc1cccc(/C(N)=C(/C#N)c2cccs2)c1. The molecule has 1 aromatic carbocycles. The van der Waals surface area contributed by atoms with Gasteiger partial charge < -0.3 is 10.5 Å². The van der Waals surface area contributed by atoms with Crippen LogP contribution in [0.3, 0.4) is 0 Å². The topological polar surface area (TPSA) is 59.0 Å². The van der Waals surface area contributed by atoms with Gasteiger partial charge in [0.2, 0.25) is 0 Å². The van der Waals surface area contributed by atoms with Crippen LogP contribution in [0.5, 0.6) is 5.75 Å². The molecular weight excluding hydrogens is 244 g/mol. The van der Waals surface area contributed by atoms with Crippen molar-refractivity contribution < 1.29 is 4.74 Å². The highest BCUT2D eigenvalue weighted by atomic mass is 32.1. The molecule has 2 rings (SSSR count). The van der Waals surface area contributed by atoms with Crippen LogP contribution in [0, 0.1) is 11.3 Å². The fourth-order valence-electron chi connectivity index (χ4n) is 1.60. The Morgan fingerprint density at radius 2 is 2.17 bits per heavy atom. The third kappa shape index (κ3) is 2.36. The van der Waals surface area contributed by atoms with Gasteiger partial charge in [-0.1, -0.05) is 18.2 Å². The zero-order chi connectivity index (χ0) is 13.0. The van der Waals surface area contributed by atoms with Crippen molar-refractivity contribution in [2.45, 2.75) is 0 Å². The number of allylic oxidation sites excluding steroid dienone is 1. The van der Waals surface area contributed by atoms with Gasteiger partial charge in [0, 0.05) is 10.4 Å². The number of ether oxygens (including phenoxy) is 1. The fourth-order valence-corrected chi connectivity index (χ4v) is 2.34. The minimum atomic E-state index is 0.471. The largest absolute Gasteiger partial charge is 0.497 e. The normalized spacial score (nSPS) is 11.6. The van der Waals surface area contributed by atoms with Gasteiger partial charge in [-0.2, -0.15) is 5.26 Å². The van der Waals surface area contributed by atoms with Crippen molar-refractivity contribution in [1.29, 1.82) is 5.26 Å². The molecule has 0 spiro atoms. The predicted octanol–water partition coefficient (Wildman–Crippen LogP) is 3.11. The maximum atomic E-state index is 9.24. The first-order chi connectivity index (χ1) is 8.76. The molecule has 0 aliphatic rings. The van der Waals surface area contributed by atoms with E-state index in [1.165, 1.54) is 11.3 Å². The smallest absolute Gasteiger partial charge is 0.119 e. The lowest BCUT2D eigenvalue weighted by atomic mass is 10.1. The molecule has 0 bridgehead atoms. The van der Waals surface area contributed by atoms with Crippen molar-refractivity contribution >= 4 is 22.6 Å². The second-order valence-corrected chi connectivity index (χ2v) is 4.56. The van der Waals surface area contributed by atoms with E-state index in [-0.39, 0.29) is 0 Å². The predicted molar refractivity (Wildman–Crippen MR) is 73.9 cm³/mol. The second kappa shape index (κ2) is 5.39. The molecule has 0 atom stereocenters. The molecule has 18 heavy (non-hydrogen) atoms. The number of nitriles is 1. The lowest BCUT2D eigenvalue weighted by Crippen LogP contribution is -2.00. The minimum absolute atomic E-state index is 0.471. The summed E-state index contributed by atoms with van der Waals surface area (Å²) >= 11 is 1.50. The van der Waals surface area contributed by atoms with Gasteiger partial charge in [0.05, 0.1) is 18.4 Å². The Hall–Kier alpha value is -2.25. The number of thiophene rings is 1. The summed E-state index contributed by atoms with van der Waals surface area (Å²) in [6.45, 7) is 0. The van der Waals surface area contributed by atoms with E-state index in [0.717, 1.165) is 16.2 Å². The Morgan fingerprint density at radius 3 is 2.78 bits per heavy atom. The van der Waals surface area contributed by atoms with Gasteiger partial charge in [0.1, 0.15) is 11.8 Å². The Balaban J connectivity index is 2.51. The summed E-state index contributed by atoms with van der Waals surface area (Å²) in [6, 6.07) is 13.3. The standard InChI is InChI=1S/C14H12N2OS/c1-17-11-5-2-4-10(8-11)14(16)12(9-15)13-6-3-7-18-13/h2-8H,16H2,1H3/b14-12+. The van der Waals surface area contributed by atoms with Gasteiger partial charge >= 0.3 is 0 Å². The molecular formula is C14H12N2OS. The Labute approximate surface area is 110 Å². The molecule has 0 radical (unpaired) electrons. The van der Waals surface area contributed by atoms with Gasteiger partial charge in [-0.3, -0.25) is 0 Å². The maximum absolute atomic E-state index is 9.24. The molecule has 4 heteroatoms. The van der Waals surface area contributed by atoms with Crippen molar-refractivity contribution in [2.75, 3.05) is 7.11 Å². The van der Waals surface area contributed by atoms with E-state index in [0.29, 0.717) is 11.3 Å². The van der Waals surface area contributed by atoms with Crippen molar-refractivity contribution in [1.82, 2.24) is 0 Å². The van der Waals surface area contributed by atoms with Crippen LogP contribution in [0.2, 0.25) is 0 Å². The van der Waals surface area contributed by atoms with Crippen molar-refractivity contribution in [3.8, 4) is 11.8 Å². The third-order valence-electron chi connectivity index (χ3n) is 2.53. The monoisotopic (exact) mass is 256 g/mol. The zero-order valence-corrected chi connectivity index (χ0v) is 10.7. The first kappa shape index (κ1) is 12.2. The molecule has 1 heterocycles. The molecule has 2 aromatic rings. The van der Waals surface area contributed by atoms with Crippen LogP contribution in [0.15, 0.2) is 41.8 Å². The van der Waals surface area contributed by atoms with E-state index in [1.807, 2.05) is 41.8 Å². The molecule has 0 aliphatic carbocycles. The highest BCUT2D eigenvalue weighted by Crippen LogP contribution is 2.27. The number of nitrogens with two attached hydrogens (primary N) is 1. The Bertz CT molecular complexity index is 609. The fraction of sp³-hybridized carbons (Fsp3) is 0.0714. The Kier molecular flexibility index (Phi) is 3.66. The summed E-state index contributed by atoms with van der Waals surface area (Å²) < 4.78 is 5.15. The number of benzene rings is 1. The molecule has 2 N–H and O–H groups in total. The van der Waals surface area contributed by atoms with Crippen LogP contribution in [0.1, 0.15) is 10.4 Å². The third-order valence-corrected chi connectivity index (χ3v) is 3.42. The summed E-state index contributed by atoms with van der Waals surface area (Å²) in [4.78, 5) is 0.873. The summed E-state index contributed by atoms with van der Waals surface area (Å²) in [7, 11) is 1.60. The first-order valence-corrected chi connectivity index (χ1v) is 6.22. The summed E-state index contributed by atoms with van der Waals surface area (Å²) in [6.07, 6.45) is 0. The molecule has 3 nitrogen and oxygen atoms in total. The average molecular weight is 256 g/mol. The van der Waals surface area contributed by atoms with Crippen LogP contribution in [0.4, 0.5) is 0 Å². The van der Waals surface area contributed by atoms with E-state index in [9.17, 15) is 5.26 Å². The average Bonchev–Trinajstić information content (AvgIpc) is 2.93. The van der Waals surface area contributed by atoms with Crippen LogP contribution < -0.4 is 10.5 Å². The molecule has 0 saturated carbocycles. The van der Waals surface area contributed by atoms with E-state index < -0.39 is 0 Å². The Morgan fingerprint density at radius 1 is 1.33 bits per heavy atom. The number of nitrogens with zero attached hydrogens (tertiary/aromatic N) is 1. The summed E-state index contributed by atoms with van der Waals surface area (Å²) in [5.74, 6) is 0.721. The van der Waals surface area contributed by atoms with Crippen molar-refractivity contribution in [3.63, 3.8) is 0 Å². The number of methoxy groups -OCH3 is 1. The van der Waals surface area contributed by atoms with Gasteiger partial charge in [-0.25, -0.2) is 0 Å². The molecule has 0 amide bonds. The molecule has 0 aliphatic heterocycles. The van der Waals surface area contributed by atoms with Crippen LogP contribution in [-0.4, -0.2) is 7.11 Å². The number of rotatable bonds is 3. The van der Waals surface area contributed by atoms with Gasteiger partial charge in [0.25, 0.3) is 0 Å². The number of hydrogen-bond donors (Lipinski definition) is 1. The van der Waals surface area contributed by atoms with Crippen LogP contribution in [0.25, 0.3) is 11.3 Å². The summed E-state index contributed by atoms with van der Waals surface area (Å²) in [5.41, 5.74) is 7.83. The lowest BCUT2D eigenvalue weighted by Gasteiger charge is -2.06. The second-order valence-electron chi connectivity index (χ2n) is 3.61. The molecule has 0 saturated heterocycles. The van der Waals surface area contributed by atoms with Crippen LogP contribution >= 0.6 is 11.3 Å². The van der Waals surface area contributed by atoms with E-state index in [1.54, 1.807) is 7.11 Å². The molecule has 90 valence electrons. The summed E-state index contributed by atoms with van der Waals surface area (Å²) in [5, 5.41) is 11.2. The highest BCUT2D eigenvalue weighted by Gasteiger charge is 2.09. The molecule has 0 fully saturated rings. The van der Waals surface area contributed by atoms with Crippen LogP contribution in [-0.2, 0) is 0 Å². The van der Waals surface area contributed by atoms with Gasteiger partial charge in [-0.15, -0.1) is 11.3 Å². The van der Waals surface area contributed by atoms with E-state index in [2.05, 4.69) is 6.07 Å². The highest BCUT2D eigenvalue weighted by molar-refractivity contribution is 7.11. The molecule has 1 aromatic heterocycles. The van der Waals surface area contributed by atoms with E-state index >= 15 is 0 Å². The quantitative estimate of drug-likeness (QED) is 0.858. The van der Waals surface area contributed by atoms with Gasteiger partial charge in [-0.05, 0) is 23.6 Å². The number of hydrogen-bond acceptors (Lipinski definition) is 4. The lowest BCUT2D eigenvalue weighted by molar-refractivity contribution is 0.414. The van der Waals surface area contributed by atoms with Gasteiger partial charge in [0.15, 0.2) is 0 Å². The minimum Gasteiger partial charge on any atom is -0.497 e. The maximum Gasteiger partial charge on any atom is 0.119 e. The zero-order valence-electron chi connectivity index (χ0n) is 9.88. The van der Waals surface area contributed by atoms with Crippen molar-refractivity contribution in [3.05, 3.63) is 52.2 Å². The first-order valence-electron chi connectivity index (χ1n) is 5.34. The van der Waals surface area contributed by atoms with Crippen molar-refractivity contribution in [2.24, 2.45) is 5.73 Å².